The van der Waals surface area contributed by atoms with E-state index in [1.165, 1.54) is 36.4 Å². The number of hydrogen-bond donors (Lipinski definition) is 0. The lowest BCUT2D eigenvalue weighted by Crippen LogP contribution is -2.45. The summed E-state index contributed by atoms with van der Waals surface area (Å²) in [5.74, 6) is -1.18. The number of carbonyl (C=O) groups excluding carboxylic acids is 2. The van der Waals surface area contributed by atoms with Crippen LogP contribution in [-0.4, -0.2) is 30.6 Å². The number of sulfonamides is 1. The molecule has 33 heavy (non-hydrogen) atoms. The van der Waals surface area contributed by atoms with Crippen LogP contribution in [0.25, 0.3) is 0 Å². The number of carbonyl (C=O) groups is 2. The summed E-state index contributed by atoms with van der Waals surface area (Å²) in [6.45, 7) is -0.179. The zero-order valence-electron chi connectivity index (χ0n) is 17.3. The van der Waals surface area contributed by atoms with Crippen LogP contribution in [0.5, 0.6) is 0 Å². The molecule has 1 aliphatic heterocycles. The van der Waals surface area contributed by atoms with Gasteiger partial charge in [0, 0.05) is 11.6 Å². The molecule has 3 aromatic carbocycles. The molecule has 1 saturated heterocycles. The number of amides is 2. The van der Waals surface area contributed by atoms with Gasteiger partial charge in [0.15, 0.2) is 0 Å². The molecule has 0 radical (unpaired) electrons. The smallest absolute Gasteiger partial charge is 0.252 e. The van der Waals surface area contributed by atoms with Crippen molar-refractivity contribution in [2.45, 2.75) is 23.9 Å². The maximum Gasteiger partial charge on any atom is 0.252 e. The topological polar surface area (TPSA) is 98.5 Å². The Hall–Kier alpha value is -3.51. The van der Waals surface area contributed by atoms with E-state index in [-0.39, 0.29) is 23.5 Å². The third kappa shape index (κ3) is 4.39. The van der Waals surface area contributed by atoms with Gasteiger partial charge in [-0.1, -0.05) is 48.0 Å². The number of anilines is 1. The van der Waals surface area contributed by atoms with Gasteiger partial charge in [-0.2, -0.15) is 9.57 Å². The predicted octanol–water partition coefficient (Wildman–Crippen LogP) is 3.73. The molecule has 1 atom stereocenters. The normalized spacial score (nSPS) is 16.3. The first-order valence-electron chi connectivity index (χ1n) is 10.00. The molecule has 0 aromatic heterocycles. The Labute approximate surface area is 196 Å². The Balaban J connectivity index is 1.75. The molecular weight excluding hydrogens is 462 g/mol. The molecule has 1 fully saturated rings. The Bertz CT molecular complexity index is 1350. The fourth-order valence-electron chi connectivity index (χ4n) is 3.68. The molecule has 1 aliphatic rings. The lowest BCUT2D eigenvalue weighted by molar-refractivity contribution is -0.122. The van der Waals surface area contributed by atoms with Gasteiger partial charge in [0.2, 0.25) is 15.9 Å². The van der Waals surface area contributed by atoms with Gasteiger partial charge in [-0.25, -0.2) is 13.3 Å². The van der Waals surface area contributed by atoms with Crippen LogP contribution >= 0.6 is 11.6 Å². The van der Waals surface area contributed by atoms with Crippen LogP contribution in [-0.2, 0) is 26.2 Å². The summed E-state index contributed by atoms with van der Waals surface area (Å²) in [6.07, 6.45) is -0.310. The maximum absolute atomic E-state index is 13.6. The minimum atomic E-state index is -4.14. The third-order valence-electron chi connectivity index (χ3n) is 5.36. The van der Waals surface area contributed by atoms with E-state index >= 15 is 0 Å². The van der Waals surface area contributed by atoms with E-state index in [9.17, 15) is 18.0 Å². The van der Waals surface area contributed by atoms with Gasteiger partial charge in [0.1, 0.15) is 6.04 Å². The molecule has 1 heterocycles. The van der Waals surface area contributed by atoms with E-state index < -0.39 is 27.9 Å². The first-order chi connectivity index (χ1) is 15.8. The van der Waals surface area contributed by atoms with Crippen LogP contribution in [0.2, 0.25) is 5.02 Å². The molecule has 0 aliphatic carbocycles. The molecule has 0 N–H and O–H groups in total. The SMILES string of the molecule is N#Cc1ccc(N2C(=O)CC(N(Cc3ccccc3Cl)S(=O)(=O)c3ccccc3)C2=O)cc1. The van der Waals surface area contributed by atoms with Crippen LogP contribution in [0.1, 0.15) is 17.5 Å². The highest BCUT2D eigenvalue weighted by atomic mass is 35.5. The van der Waals surface area contributed by atoms with Crippen LogP contribution in [0.3, 0.4) is 0 Å². The molecule has 4 rings (SSSR count). The number of rotatable bonds is 6. The number of imide groups is 1. The lowest BCUT2D eigenvalue weighted by Gasteiger charge is -2.27. The molecule has 3 aromatic rings. The molecule has 1 unspecified atom stereocenters. The van der Waals surface area contributed by atoms with Crippen LogP contribution in [0, 0.1) is 11.3 Å². The first kappa shape index (κ1) is 22.7. The highest BCUT2D eigenvalue weighted by molar-refractivity contribution is 7.89. The van der Waals surface area contributed by atoms with E-state index in [2.05, 4.69) is 0 Å². The number of hydrogen-bond acceptors (Lipinski definition) is 5. The highest BCUT2D eigenvalue weighted by Gasteiger charge is 2.47. The van der Waals surface area contributed by atoms with Gasteiger partial charge in [0.25, 0.3) is 5.91 Å². The number of nitrogens with zero attached hydrogens (tertiary/aromatic N) is 3. The maximum atomic E-state index is 13.6. The standard InChI is InChI=1S/C24H18ClN3O4S/c25-21-9-5-4-6-18(21)16-27(33(31,32)20-7-2-1-3-8-20)22-14-23(29)28(24(22)30)19-12-10-17(15-26)11-13-19/h1-13,22H,14,16H2. The van der Waals surface area contributed by atoms with Gasteiger partial charge < -0.3 is 0 Å². The van der Waals surface area contributed by atoms with Gasteiger partial charge in [-0.3, -0.25) is 9.59 Å². The zero-order chi connectivity index (χ0) is 23.6. The second-order valence-electron chi connectivity index (χ2n) is 7.40. The lowest BCUT2D eigenvalue weighted by atomic mass is 10.2. The third-order valence-corrected chi connectivity index (χ3v) is 7.60. The highest BCUT2D eigenvalue weighted by Crippen LogP contribution is 2.31. The summed E-state index contributed by atoms with van der Waals surface area (Å²) in [4.78, 5) is 27.2. The van der Waals surface area contributed by atoms with Gasteiger partial charge in [-0.05, 0) is 48.0 Å². The van der Waals surface area contributed by atoms with E-state index in [1.54, 1.807) is 42.5 Å². The zero-order valence-corrected chi connectivity index (χ0v) is 18.8. The van der Waals surface area contributed by atoms with Gasteiger partial charge in [-0.15, -0.1) is 0 Å². The van der Waals surface area contributed by atoms with Crippen LogP contribution in [0.15, 0.2) is 83.8 Å². The van der Waals surface area contributed by atoms with Crippen molar-refractivity contribution in [2.75, 3.05) is 4.90 Å². The summed E-state index contributed by atoms with van der Waals surface area (Å²) in [6, 6.07) is 21.2. The molecule has 0 saturated carbocycles. The fourth-order valence-corrected chi connectivity index (χ4v) is 5.46. The summed E-state index contributed by atoms with van der Waals surface area (Å²) < 4.78 is 28.2. The van der Waals surface area contributed by atoms with Crippen molar-refractivity contribution in [3.8, 4) is 6.07 Å². The minimum absolute atomic E-state index is 0.00845. The van der Waals surface area contributed by atoms with E-state index in [0.717, 1.165) is 9.21 Å². The van der Waals surface area contributed by atoms with Crippen LogP contribution in [0.4, 0.5) is 5.69 Å². The Morgan fingerprint density at radius 2 is 1.61 bits per heavy atom. The van der Waals surface area contributed by atoms with E-state index in [4.69, 9.17) is 16.9 Å². The Kier molecular flexibility index (Phi) is 6.29. The summed E-state index contributed by atoms with van der Waals surface area (Å²) >= 11 is 6.28. The molecule has 7 nitrogen and oxygen atoms in total. The minimum Gasteiger partial charge on any atom is -0.274 e. The van der Waals surface area contributed by atoms with Crippen molar-refractivity contribution in [2.24, 2.45) is 0 Å². The predicted molar refractivity (Wildman–Crippen MR) is 123 cm³/mol. The van der Waals surface area contributed by atoms with Crippen molar-refractivity contribution < 1.29 is 18.0 Å². The average molecular weight is 480 g/mol. The fraction of sp³-hybridized carbons (Fsp3) is 0.125. The van der Waals surface area contributed by atoms with Crippen molar-refractivity contribution in [3.63, 3.8) is 0 Å². The second kappa shape index (κ2) is 9.16. The summed E-state index contributed by atoms with van der Waals surface area (Å²) in [5.41, 5.74) is 1.17. The molecular formula is C24H18ClN3O4S. The second-order valence-corrected chi connectivity index (χ2v) is 9.70. The van der Waals surface area contributed by atoms with Crippen molar-refractivity contribution >= 4 is 39.1 Å². The van der Waals surface area contributed by atoms with E-state index in [0.29, 0.717) is 16.1 Å². The molecule has 0 spiro atoms. The first-order valence-corrected chi connectivity index (χ1v) is 11.8. The number of halogens is 1. The van der Waals surface area contributed by atoms with Crippen molar-refractivity contribution in [1.82, 2.24) is 4.31 Å². The van der Waals surface area contributed by atoms with Crippen molar-refractivity contribution in [3.05, 3.63) is 95.0 Å². The van der Waals surface area contributed by atoms with Crippen molar-refractivity contribution in [1.29, 1.82) is 5.26 Å². The van der Waals surface area contributed by atoms with Crippen LogP contribution < -0.4 is 4.90 Å². The summed E-state index contributed by atoms with van der Waals surface area (Å²) in [7, 11) is -4.14. The molecule has 9 heteroatoms. The number of benzene rings is 3. The molecule has 2 amide bonds. The average Bonchev–Trinajstić information content (AvgIpc) is 3.12. The monoisotopic (exact) mass is 479 g/mol. The van der Waals surface area contributed by atoms with Gasteiger partial charge >= 0.3 is 0 Å². The Morgan fingerprint density at radius 3 is 2.24 bits per heavy atom. The summed E-state index contributed by atoms with van der Waals surface area (Å²) in [5, 5.41) is 9.34. The largest absolute Gasteiger partial charge is 0.274 e. The van der Waals surface area contributed by atoms with E-state index in [1.807, 2.05) is 6.07 Å². The molecule has 166 valence electrons. The molecule has 0 bridgehead atoms. The quantitative estimate of drug-likeness (QED) is 0.501. The Morgan fingerprint density at radius 1 is 0.970 bits per heavy atom. The van der Waals surface area contributed by atoms with Gasteiger partial charge in [0.05, 0.1) is 28.6 Å². The number of nitriles is 1.